The van der Waals surface area contributed by atoms with Crippen molar-refractivity contribution in [2.75, 3.05) is 0 Å². The molecule has 0 radical (unpaired) electrons. The molecule has 1 heterocycles. The molecule has 1 aromatic heterocycles. The van der Waals surface area contributed by atoms with E-state index < -0.39 is 0 Å². The molecule has 4 nitrogen and oxygen atoms in total. The molecule has 0 bridgehead atoms. The second-order valence-corrected chi connectivity index (χ2v) is 5.94. The fourth-order valence-electron chi connectivity index (χ4n) is 1.93. The molecule has 0 aliphatic rings. The molecule has 3 rings (SSSR count). The summed E-state index contributed by atoms with van der Waals surface area (Å²) in [4.78, 5) is 0. The lowest BCUT2D eigenvalue weighted by Gasteiger charge is -2.02. The van der Waals surface area contributed by atoms with Crippen LogP contribution in [0.1, 0.15) is 16.7 Å². The summed E-state index contributed by atoms with van der Waals surface area (Å²) in [6, 6.07) is 14.8. The highest BCUT2D eigenvalue weighted by molar-refractivity contribution is 7.98. The third-order valence-corrected chi connectivity index (χ3v) is 4.22. The van der Waals surface area contributed by atoms with E-state index in [1.165, 1.54) is 41.5 Å². The van der Waals surface area contributed by atoms with Crippen molar-refractivity contribution in [1.29, 1.82) is 0 Å². The summed E-state index contributed by atoms with van der Waals surface area (Å²) in [6.07, 6.45) is 2.98. The predicted molar refractivity (Wildman–Crippen MR) is 90.2 cm³/mol. The molecule has 0 aliphatic heterocycles. The first kappa shape index (κ1) is 15.4. The molecule has 0 amide bonds. The fourth-order valence-corrected chi connectivity index (χ4v) is 2.75. The smallest absolute Gasteiger partial charge is 0.206 e. The van der Waals surface area contributed by atoms with Gasteiger partial charge in [-0.1, -0.05) is 59.8 Å². The van der Waals surface area contributed by atoms with Gasteiger partial charge >= 0.3 is 0 Å². The van der Waals surface area contributed by atoms with E-state index in [2.05, 4.69) is 46.5 Å². The molecule has 0 saturated carbocycles. The molecule has 0 unspecified atom stereocenters. The minimum Gasteiger partial charge on any atom is -0.206 e. The summed E-state index contributed by atoms with van der Waals surface area (Å²) in [5, 5.41) is 12.8. The molecular formula is C17H15FN4S. The van der Waals surface area contributed by atoms with Crippen molar-refractivity contribution >= 4 is 18.0 Å². The largest absolute Gasteiger partial charge is 0.212 e. The van der Waals surface area contributed by atoms with Crippen molar-refractivity contribution in [3.05, 3.63) is 77.4 Å². The van der Waals surface area contributed by atoms with E-state index in [-0.39, 0.29) is 5.82 Å². The van der Waals surface area contributed by atoms with Crippen LogP contribution in [0.2, 0.25) is 0 Å². The van der Waals surface area contributed by atoms with Crippen LogP contribution in [0.5, 0.6) is 0 Å². The van der Waals surface area contributed by atoms with Gasteiger partial charge in [0.15, 0.2) is 0 Å². The number of benzene rings is 2. The van der Waals surface area contributed by atoms with Gasteiger partial charge in [0.25, 0.3) is 0 Å². The molecule has 23 heavy (non-hydrogen) atoms. The van der Waals surface area contributed by atoms with Gasteiger partial charge < -0.3 is 0 Å². The maximum absolute atomic E-state index is 13.6. The zero-order chi connectivity index (χ0) is 16.1. The normalized spacial score (nSPS) is 11.2. The van der Waals surface area contributed by atoms with E-state index in [0.717, 1.165) is 5.75 Å². The Bertz CT molecular complexity index is 811. The molecule has 0 saturated heterocycles. The predicted octanol–water partition coefficient (Wildman–Crippen LogP) is 3.90. The van der Waals surface area contributed by atoms with Gasteiger partial charge in [-0.05, 0) is 18.6 Å². The maximum atomic E-state index is 13.6. The Morgan fingerprint density at radius 3 is 2.74 bits per heavy atom. The van der Waals surface area contributed by atoms with E-state index in [1.54, 1.807) is 22.9 Å². The lowest BCUT2D eigenvalue weighted by molar-refractivity contribution is 0.625. The lowest BCUT2D eigenvalue weighted by Crippen LogP contribution is -1.94. The van der Waals surface area contributed by atoms with Crippen LogP contribution >= 0.6 is 11.8 Å². The van der Waals surface area contributed by atoms with Gasteiger partial charge in [-0.3, -0.25) is 0 Å². The number of halogens is 1. The van der Waals surface area contributed by atoms with Crippen molar-refractivity contribution in [2.24, 2.45) is 5.10 Å². The first-order valence-corrected chi connectivity index (χ1v) is 8.08. The number of hydrogen-bond donors (Lipinski definition) is 0. The van der Waals surface area contributed by atoms with E-state index >= 15 is 0 Å². The SMILES string of the molecule is Cc1ccc(CSc2nncn2/N=C\c2ccccc2F)cc1. The molecule has 0 N–H and O–H groups in total. The summed E-state index contributed by atoms with van der Waals surface area (Å²) in [7, 11) is 0. The average molecular weight is 326 g/mol. The minimum atomic E-state index is -0.307. The zero-order valence-corrected chi connectivity index (χ0v) is 13.4. The van der Waals surface area contributed by atoms with Gasteiger partial charge in [0.1, 0.15) is 12.1 Å². The summed E-state index contributed by atoms with van der Waals surface area (Å²) in [5.41, 5.74) is 2.86. The zero-order valence-electron chi connectivity index (χ0n) is 12.6. The van der Waals surface area contributed by atoms with Crippen molar-refractivity contribution in [3.63, 3.8) is 0 Å². The van der Waals surface area contributed by atoms with Gasteiger partial charge in [0.2, 0.25) is 5.16 Å². The van der Waals surface area contributed by atoms with Crippen LogP contribution in [0.15, 0.2) is 65.1 Å². The number of nitrogens with zero attached hydrogens (tertiary/aromatic N) is 4. The van der Waals surface area contributed by atoms with Crippen molar-refractivity contribution in [3.8, 4) is 0 Å². The summed E-state index contributed by atoms with van der Waals surface area (Å²) in [6.45, 7) is 2.06. The van der Waals surface area contributed by atoms with E-state index in [9.17, 15) is 4.39 Å². The van der Waals surface area contributed by atoms with Gasteiger partial charge in [0, 0.05) is 11.3 Å². The topological polar surface area (TPSA) is 43.1 Å². The highest BCUT2D eigenvalue weighted by Gasteiger charge is 2.05. The molecule has 2 aromatic carbocycles. The first-order chi connectivity index (χ1) is 11.2. The lowest BCUT2D eigenvalue weighted by atomic mass is 10.2. The Balaban J connectivity index is 1.70. The molecule has 0 aliphatic carbocycles. The van der Waals surface area contributed by atoms with Crippen molar-refractivity contribution < 1.29 is 4.39 Å². The second-order valence-electron chi connectivity index (χ2n) is 5.00. The highest BCUT2D eigenvalue weighted by Crippen LogP contribution is 2.20. The van der Waals surface area contributed by atoms with Crippen molar-refractivity contribution in [2.45, 2.75) is 17.8 Å². The van der Waals surface area contributed by atoms with Gasteiger partial charge in [0.05, 0.1) is 6.21 Å². The second kappa shape index (κ2) is 7.19. The molecule has 0 spiro atoms. The van der Waals surface area contributed by atoms with Gasteiger partial charge in [-0.25, -0.2) is 4.39 Å². The Hall–Kier alpha value is -2.47. The Kier molecular flexibility index (Phi) is 4.83. The average Bonchev–Trinajstić information content (AvgIpc) is 3.01. The Labute approximate surface area is 138 Å². The third kappa shape index (κ3) is 4.04. The molecular weight excluding hydrogens is 311 g/mol. The number of aromatic nitrogens is 3. The maximum Gasteiger partial charge on any atom is 0.212 e. The summed E-state index contributed by atoms with van der Waals surface area (Å²) < 4.78 is 15.1. The number of aryl methyl sites for hydroxylation is 1. The summed E-state index contributed by atoms with van der Waals surface area (Å²) in [5.74, 6) is 0.465. The van der Waals surface area contributed by atoms with Gasteiger partial charge in [-0.2, -0.15) is 9.78 Å². The van der Waals surface area contributed by atoms with Crippen LogP contribution < -0.4 is 0 Å². The molecule has 6 heteroatoms. The standard InChI is InChI=1S/C17H15FN4S/c1-13-6-8-14(9-7-13)11-23-17-21-19-12-22(17)20-10-15-4-2-3-5-16(15)18/h2-10,12H,11H2,1H3/b20-10-. The van der Waals surface area contributed by atoms with Crippen LogP contribution in [0.25, 0.3) is 0 Å². The third-order valence-electron chi connectivity index (χ3n) is 3.22. The minimum absolute atomic E-state index is 0.307. The van der Waals surface area contributed by atoms with Gasteiger partial charge in [-0.15, -0.1) is 10.2 Å². The quantitative estimate of drug-likeness (QED) is 0.527. The Morgan fingerprint density at radius 2 is 1.96 bits per heavy atom. The fraction of sp³-hybridized carbons (Fsp3) is 0.118. The molecule has 0 fully saturated rings. The highest BCUT2D eigenvalue weighted by atomic mass is 32.2. The van der Waals surface area contributed by atoms with Crippen LogP contribution in [-0.2, 0) is 5.75 Å². The number of thioether (sulfide) groups is 1. The monoisotopic (exact) mass is 326 g/mol. The van der Waals surface area contributed by atoms with Crippen molar-refractivity contribution in [1.82, 2.24) is 14.9 Å². The van der Waals surface area contributed by atoms with Crippen LogP contribution in [0.4, 0.5) is 4.39 Å². The van der Waals surface area contributed by atoms with Crippen LogP contribution in [0, 0.1) is 12.7 Å². The molecule has 0 atom stereocenters. The first-order valence-electron chi connectivity index (χ1n) is 7.09. The number of rotatable bonds is 5. The van der Waals surface area contributed by atoms with E-state index in [0.29, 0.717) is 10.7 Å². The number of hydrogen-bond acceptors (Lipinski definition) is 4. The summed E-state index contributed by atoms with van der Waals surface area (Å²) >= 11 is 1.53. The molecule has 116 valence electrons. The Morgan fingerprint density at radius 1 is 1.17 bits per heavy atom. The molecule has 3 aromatic rings. The van der Waals surface area contributed by atoms with E-state index in [1.807, 2.05) is 0 Å². The van der Waals surface area contributed by atoms with E-state index in [4.69, 9.17) is 0 Å². The van der Waals surface area contributed by atoms with Crippen LogP contribution in [0.3, 0.4) is 0 Å². The van der Waals surface area contributed by atoms with Crippen LogP contribution in [-0.4, -0.2) is 21.1 Å².